The number of hydrogen-bond donors (Lipinski definition) is 2. The second-order valence-electron chi connectivity index (χ2n) is 7.81. The molecule has 10 heteroatoms. The molecule has 0 saturated heterocycles. The fourth-order valence-corrected chi connectivity index (χ4v) is 4.27. The Kier molecular flexibility index (Phi) is 6.98. The maximum atomic E-state index is 13.4. The zero-order valence-electron chi connectivity index (χ0n) is 17.8. The molecule has 0 radical (unpaired) electrons. The van der Waals surface area contributed by atoms with E-state index in [1.165, 1.54) is 48.7 Å². The third-order valence-electron chi connectivity index (χ3n) is 5.37. The summed E-state index contributed by atoms with van der Waals surface area (Å²) in [6.45, 7) is 0. The minimum atomic E-state index is -4.56. The van der Waals surface area contributed by atoms with Gasteiger partial charge in [-0.2, -0.15) is 18.3 Å². The smallest absolute Gasteiger partial charge is 0.388 e. The first-order chi connectivity index (χ1) is 16.5. The third-order valence-corrected chi connectivity index (χ3v) is 5.90. The summed E-state index contributed by atoms with van der Waals surface area (Å²) < 4.78 is 53.2. The maximum absolute atomic E-state index is 13.4. The summed E-state index contributed by atoms with van der Waals surface area (Å²) in [5.74, 6) is -0.404. The number of rotatable bonds is 5. The number of hydrogen-bond acceptors (Lipinski definition) is 3. The van der Waals surface area contributed by atoms with Gasteiger partial charge in [0.25, 0.3) is 0 Å². The van der Waals surface area contributed by atoms with E-state index in [-0.39, 0.29) is 33.5 Å². The molecule has 4 nitrogen and oxygen atoms in total. The molecular weight excluding hydrogens is 505 g/mol. The van der Waals surface area contributed by atoms with E-state index in [9.17, 15) is 22.7 Å². The van der Waals surface area contributed by atoms with Crippen molar-refractivity contribution in [3.8, 4) is 0 Å². The van der Waals surface area contributed by atoms with E-state index >= 15 is 0 Å². The van der Waals surface area contributed by atoms with Crippen LogP contribution < -0.4 is 5.73 Å². The summed E-state index contributed by atoms with van der Waals surface area (Å²) in [5, 5.41) is 20.6. The van der Waals surface area contributed by atoms with Crippen molar-refractivity contribution in [1.82, 2.24) is 0 Å². The van der Waals surface area contributed by atoms with Gasteiger partial charge in [-0.25, -0.2) is 4.39 Å². The molecule has 0 saturated carbocycles. The number of aliphatic hydroxyl groups is 1. The van der Waals surface area contributed by atoms with E-state index in [2.05, 4.69) is 10.2 Å². The van der Waals surface area contributed by atoms with Crippen LogP contribution in [0.5, 0.6) is 0 Å². The molecule has 0 heterocycles. The Morgan fingerprint density at radius 3 is 2.31 bits per heavy atom. The van der Waals surface area contributed by atoms with Gasteiger partial charge in [-0.05, 0) is 69.8 Å². The molecular formula is C25H17Cl2F4N3O. The lowest BCUT2D eigenvalue weighted by atomic mass is 9.92. The Bertz CT molecular complexity index is 1470. The molecule has 4 aromatic rings. The van der Waals surface area contributed by atoms with Gasteiger partial charge in [0.05, 0.1) is 17.9 Å². The van der Waals surface area contributed by atoms with Gasteiger partial charge < -0.3 is 10.8 Å². The van der Waals surface area contributed by atoms with Gasteiger partial charge in [0.2, 0.25) is 0 Å². The molecule has 4 rings (SSSR count). The minimum Gasteiger partial charge on any atom is -0.388 e. The zero-order valence-corrected chi connectivity index (χ0v) is 19.3. The van der Waals surface area contributed by atoms with Crippen LogP contribution in [0.15, 0.2) is 70.9 Å². The van der Waals surface area contributed by atoms with Gasteiger partial charge in [-0.15, -0.1) is 5.10 Å². The molecule has 35 heavy (non-hydrogen) atoms. The van der Waals surface area contributed by atoms with Crippen molar-refractivity contribution in [2.45, 2.75) is 18.7 Å². The number of aliphatic hydroxyl groups excluding tert-OH is 1. The number of halogens is 6. The first-order valence-electron chi connectivity index (χ1n) is 10.2. The lowest BCUT2D eigenvalue weighted by molar-refractivity contribution is -0.137. The number of nitrogens with two attached hydrogens (primary N) is 1. The Morgan fingerprint density at radius 2 is 1.63 bits per heavy atom. The van der Waals surface area contributed by atoms with Gasteiger partial charge in [-0.3, -0.25) is 0 Å². The fraction of sp³-hybridized carbons (Fsp3) is 0.120. The maximum Gasteiger partial charge on any atom is 0.416 e. The molecule has 180 valence electrons. The molecule has 0 spiro atoms. The van der Waals surface area contributed by atoms with Crippen LogP contribution in [0.2, 0.25) is 10.0 Å². The molecule has 4 aromatic carbocycles. The van der Waals surface area contributed by atoms with E-state index in [1.54, 1.807) is 6.07 Å². The number of fused-ring (bicyclic) bond motifs is 3. The van der Waals surface area contributed by atoms with Crippen LogP contribution in [0.25, 0.3) is 21.5 Å². The number of amidine groups is 1. The Morgan fingerprint density at radius 1 is 0.943 bits per heavy atom. The molecule has 0 aliphatic rings. The SMILES string of the molecule is N/C(CC(O)c1cc2c(Cl)cc(Cl)cc2c2cc(C(F)(F)F)ccc12)=N\N=C\c1ccc(F)cc1. The predicted octanol–water partition coefficient (Wildman–Crippen LogP) is 7.27. The van der Waals surface area contributed by atoms with Gasteiger partial charge in [0.1, 0.15) is 11.7 Å². The predicted molar refractivity (Wildman–Crippen MR) is 132 cm³/mol. The van der Waals surface area contributed by atoms with E-state index in [4.69, 9.17) is 28.9 Å². The molecule has 0 aliphatic carbocycles. The average molecular weight is 522 g/mol. The molecule has 3 N–H and O–H groups in total. The highest BCUT2D eigenvalue weighted by Gasteiger charge is 2.31. The summed E-state index contributed by atoms with van der Waals surface area (Å²) >= 11 is 12.4. The van der Waals surface area contributed by atoms with E-state index in [1.807, 2.05) is 0 Å². The summed E-state index contributed by atoms with van der Waals surface area (Å²) in [6, 6.07) is 13.4. The van der Waals surface area contributed by atoms with Crippen molar-refractivity contribution < 1.29 is 22.7 Å². The van der Waals surface area contributed by atoms with Crippen LogP contribution in [0, 0.1) is 5.82 Å². The topological polar surface area (TPSA) is 71.0 Å². The quantitative estimate of drug-likeness (QED) is 0.0952. The molecule has 0 aliphatic heterocycles. The summed E-state index contributed by atoms with van der Waals surface area (Å²) in [4.78, 5) is 0. The first-order valence-corrected chi connectivity index (χ1v) is 11.0. The first kappa shape index (κ1) is 24.9. The van der Waals surface area contributed by atoms with Crippen molar-refractivity contribution in [3.63, 3.8) is 0 Å². The Balaban J connectivity index is 1.73. The van der Waals surface area contributed by atoms with Crippen LogP contribution in [0.3, 0.4) is 0 Å². The van der Waals surface area contributed by atoms with Crippen molar-refractivity contribution in [3.05, 3.63) is 93.2 Å². The van der Waals surface area contributed by atoms with E-state index in [0.717, 1.165) is 12.1 Å². The van der Waals surface area contributed by atoms with Gasteiger partial charge in [-0.1, -0.05) is 41.4 Å². The Labute approximate surface area is 207 Å². The number of benzene rings is 4. The highest BCUT2D eigenvalue weighted by Crippen LogP contribution is 2.40. The van der Waals surface area contributed by atoms with Crippen LogP contribution >= 0.6 is 23.2 Å². The normalized spacial score (nSPS) is 13.7. The molecule has 0 aromatic heterocycles. The van der Waals surface area contributed by atoms with Crippen LogP contribution in [0.1, 0.15) is 29.2 Å². The highest BCUT2D eigenvalue weighted by atomic mass is 35.5. The van der Waals surface area contributed by atoms with Crippen LogP contribution in [-0.2, 0) is 6.18 Å². The van der Waals surface area contributed by atoms with Crippen molar-refractivity contribution in [2.75, 3.05) is 0 Å². The largest absolute Gasteiger partial charge is 0.416 e. The van der Waals surface area contributed by atoms with Crippen molar-refractivity contribution in [2.24, 2.45) is 15.9 Å². The molecule has 0 bridgehead atoms. The van der Waals surface area contributed by atoms with E-state index in [0.29, 0.717) is 27.3 Å². The van der Waals surface area contributed by atoms with Crippen LogP contribution in [-0.4, -0.2) is 17.2 Å². The van der Waals surface area contributed by atoms with Gasteiger partial charge in [0, 0.05) is 21.9 Å². The van der Waals surface area contributed by atoms with E-state index < -0.39 is 17.8 Å². The van der Waals surface area contributed by atoms with Crippen molar-refractivity contribution >= 4 is 56.8 Å². The zero-order chi connectivity index (χ0) is 25.3. The molecule has 0 fully saturated rings. The molecule has 0 amide bonds. The minimum absolute atomic E-state index is 0.0155. The second-order valence-corrected chi connectivity index (χ2v) is 8.66. The summed E-state index contributed by atoms with van der Waals surface area (Å²) in [5.41, 5.74) is 5.99. The summed E-state index contributed by atoms with van der Waals surface area (Å²) in [6.07, 6.45) is -4.55. The second kappa shape index (κ2) is 9.81. The number of alkyl halides is 3. The lowest BCUT2D eigenvalue weighted by Crippen LogP contribution is -2.16. The average Bonchev–Trinajstić information content (AvgIpc) is 2.79. The fourth-order valence-electron chi connectivity index (χ4n) is 3.73. The standard InChI is InChI=1S/C25H17Cl2F4N3O/c26-15-8-19-18-7-14(25(29,30)31)3-6-17(18)21(10-20(19)22(27)9-15)23(35)11-24(32)34-33-12-13-1-4-16(28)5-2-13/h1-10,12,23,35H,11H2,(H2,32,34)/b33-12+. The van der Waals surface area contributed by atoms with Gasteiger partial charge in [0.15, 0.2) is 0 Å². The molecule has 1 unspecified atom stereocenters. The summed E-state index contributed by atoms with van der Waals surface area (Å²) in [7, 11) is 0. The monoisotopic (exact) mass is 521 g/mol. The highest BCUT2D eigenvalue weighted by molar-refractivity contribution is 6.39. The van der Waals surface area contributed by atoms with Crippen molar-refractivity contribution in [1.29, 1.82) is 0 Å². The lowest BCUT2D eigenvalue weighted by Gasteiger charge is -2.18. The molecule has 1 atom stereocenters. The van der Waals surface area contributed by atoms with Crippen LogP contribution in [0.4, 0.5) is 17.6 Å². The third kappa shape index (κ3) is 5.56. The number of nitrogens with zero attached hydrogens (tertiary/aromatic N) is 2. The van der Waals surface area contributed by atoms with Gasteiger partial charge >= 0.3 is 6.18 Å². The Hall–Kier alpha value is -3.20.